The molecule has 1 atom stereocenters. The quantitative estimate of drug-likeness (QED) is 0.674. The van der Waals surface area contributed by atoms with E-state index in [0.29, 0.717) is 5.56 Å². The smallest absolute Gasteiger partial charge is 0.272 e. The number of aromatic nitrogens is 2. The lowest BCUT2D eigenvalue weighted by atomic mass is 10.1. The molecule has 2 rings (SSSR count). The van der Waals surface area contributed by atoms with Gasteiger partial charge in [-0.05, 0) is 25.8 Å². The SMILES string of the molecule is CCc1nnc(NC(C)c2ccc(C)c([N+](=O)[O-])c2)s1. The normalized spacial score (nSPS) is 12.2. The second-order valence-electron chi connectivity index (χ2n) is 4.52. The first kappa shape index (κ1) is 14.4. The fraction of sp³-hybridized carbons (Fsp3) is 0.385. The highest BCUT2D eigenvalue weighted by atomic mass is 32.1. The Morgan fingerprint density at radius 1 is 1.45 bits per heavy atom. The molecule has 0 saturated carbocycles. The number of nitrogens with one attached hydrogen (secondary N) is 1. The van der Waals surface area contributed by atoms with Crippen molar-refractivity contribution in [1.82, 2.24) is 10.2 Å². The maximum Gasteiger partial charge on any atom is 0.272 e. The van der Waals surface area contributed by atoms with Gasteiger partial charge in [0.1, 0.15) is 5.01 Å². The van der Waals surface area contributed by atoms with Crippen LogP contribution in [-0.4, -0.2) is 15.1 Å². The summed E-state index contributed by atoms with van der Waals surface area (Å²) in [6.45, 7) is 5.71. The van der Waals surface area contributed by atoms with Gasteiger partial charge in [-0.2, -0.15) is 0 Å². The maximum atomic E-state index is 11.0. The van der Waals surface area contributed by atoms with E-state index >= 15 is 0 Å². The third-order valence-electron chi connectivity index (χ3n) is 3.04. The summed E-state index contributed by atoms with van der Waals surface area (Å²) in [4.78, 5) is 10.6. The molecule has 2 aromatic rings. The van der Waals surface area contributed by atoms with E-state index in [1.165, 1.54) is 11.3 Å². The zero-order chi connectivity index (χ0) is 14.7. The Bertz CT molecular complexity index is 627. The summed E-state index contributed by atoms with van der Waals surface area (Å²) in [6.07, 6.45) is 0.851. The fourth-order valence-corrected chi connectivity index (χ4v) is 2.58. The molecule has 1 unspecified atom stereocenters. The van der Waals surface area contributed by atoms with Crippen LogP contribution in [0.2, 0.25) is 0 Å². The molecule has 0 saturated heterocycles. The first-order valence-electron chi connectivity index (χ1n) is 6.35. The highest BCUT2D eigenvalue weighted by Crippen LogP contribution is 2.26. The van der Waals surface area contributed by atoms with E-state index in [9.17, 15) is 10.1 Å². The summed E-state index contributed by atoms with van der Waals surface area (Å²) < 4.78 is 0. The van der Waals surface area contributed by atoms with Crippen molar-refractivity contribution >= 4 is 22.2 Å². The third kappa shape index (κ3) is 3.11. The van der Waals surface area contributed by atoms with E-state index in [2.05, 4.69) is 15.5 Å². The van der Waals surface area contributed by atoms with E-state index in [-0.39, 0.29) is 16.7 Å². The number of rotatable bonds is 5. The topological polar surface area (TPSA) is 81.0 Å². The van der Waals surface area contributed by atoms with E-state index < -0.39 is 0 Å². The Hall–Kier alpha value is -2.02. The zero-order valence-corrected chi connectivity index (χ0v) is 12.4. The highest BCUT2D eigenvalue weighted by Gasteiger charge is 2.15. The standard InChI is InChI=1S/C13H16N4O2S/c1-4-12-15-16-13(20-12)14-9(3)10-6-5-8(2)11(7-10)17(18)19/h5-7,9H,4H2,1-3H3,(H,14,16). The van der Waals surface area contributed by atoms with Crippen molar-refractivity contribution < 1.29 is 4.92 Å². The minimum absolute atomic E-state index is 0.0630. The molecule has 1 aromatic heterocycles. The van der Waals surface area contributed by atoms with Crippen LogP contribution in [0.3, 0.4) is 0 Å². The minimum atomic E-state index is -0.355. The Kier molecular flexibility index (Phi) is 4.29. The van der Waals surface area contributed by atoms with Crippen LogP contribution in [-0.2, 0) is 6.42 Å². The first-order chi connectivity index (χ1) is 9.51. The van der Waals surface area contributed by atoms with Crippen molar-refractivity contribution in [1.29, 1.82) is 0 Å². The summed E-state index contributed by atoms with van der Waals surface area (Å²) in [7, 11) is 0. The number of anilines is 1. The number of nitro benzene ring substituents is 1. The number of aryl methyl sites for hydroxylation is 2. The van der Waals surface area contributed by atoms with E-state index in [0.717, 1.165) is 22.1 Å². The molecule has 0 spiro atoms. The van der Waals surface area contributed by atoms with Crippen molar-refractivity contribution in [2.75, 3.05) is 5.32 Å². The third-order valence-corrected chi connectivity index (χ3v) is 4.04. The zero-order valence-electron chi connectivity index (χ0n) is 11.6. The Morgan fingerprint density at radius 3 is 2.80 bits per heavy atom. The second kappa shape index (κ2) is 5.96. The molecular formula is C13H16N4O2S. The molecule has 0 radical (unpaired) electrons. The summed E-state index contributed by atoms with van der Waals surface area (Å²) in [5.74, 6) is 0. The van der Waals surface area contributed by atoms with Gasteiger partial charge in [-0.3, -0.25) is 10.1 Å². The van der Waals surface area contributed by atoms with Gasteiger partial charge in [-0.25, -0.2) is 0 Å². The molecule has 0 bridgehead atoms. The number of benzene rings is 1. The van der Waals surface area contributed by atoms with Gasteiger partial charge in [0.25, 0.3) is 5.69 Å². The molecule has 0 amide bonds. The van der Waals surface area contributed by atoms with Crippen LogP contribution >= 0.6 is 11.3 Å². The predicted molar refractivity (Wildman–Crippen MR) is 79.2 cm³/mol. The average Bonchev–Trinajstić information content (AvgIpc) is 2.86. The number of nitro groups is 1. The predicted octanol–water partition coefficient (Wildman–Crippen LogP) is 3.49. The van der Waals surface area contributed by atoms with Crippen molar-refractivity contribution in [2.45, 2.75) is 33.2 Å². The lowest BCUT2D eigenvalue weighted by Crippen LogP contribution is -2.07. The number of hydrogen-bond donors (Lipinski definition) is 1. The molecule has 1 aromatic carbocycles. The van der Waals surface area contributed by atoms with Crippen LogP contribution in [0.1, 0.15) is 36.0 Å². The Labute approximate surface area is 121 Å². The monoisotopic (exact) mass is 292 g/mol. The van der Waals surface area contributed by atoms with Crippen LogP contribution in [0.5, 0.6) is 0 Å². The van der Waals surface area contributed by atoms with Gasteiger partial charge in [0.2, 0.25) is 5.13 Å². The first-order valence-corrected chi connectivity index (χ1v) is 7.16. The molecule has 7 heteroatoms. The van der Waals surface area contributed by atoms with E-state index in [1.54, 1.807) is 19.1 Å². The summed E-state index contributed by atoms with van der Waals surface area (Å²) in [5, 5.41) is 24.0. The van der Waals surface area contributed by atoms with Gasteiger partial charge in [0.05, 0.1) is 11.0 Å². The van der Waals surface area contributed by atoms with Crippen LogP contribution in [0, 0.1) is 17.0 Å². The number of nitrogens with zero attached hydrogens (tertiary/aromatic N) is 3. The lowest BCUT2D eigenvalue weighted by molar-refractivity contribution is -0.385. The summed E-state index contributed by atoms with van der Waals surface area (Å²) >= 11 is 1.50. The second-order valence-corrected chi connectivity index (χ2v) is 5.59. The summed E-state index contributed by atoms with van der Waals surface area (Å²) in [5.41, 5.74) is 1.66. The molecule has 0 aliphatic carbocycles. The fourth-order valence-electron chi connectivity index (χ4n) is 1.82. The van der Waals surface area contributed by atoms with Gasteiger partial charge in [0, 0.05) is 11.6 Å². The van der Waals surface area contributed by atoms with Crippen molar-refractivity contribution in [3.63, 3.8) is 0 Å². The van der Waals surface area contributed by atoms with Crippen LogP contribution < -0.4 is 5.32 Å². The van der Waals surface area contributed by atoms with Crippen molar-refractivity contribution in [2.24, 2.45) is 0 Å². The summed E-state index contributed by atoms with van der Waals surface area (Å²) in [6, 6.07) is 5.20. The molecule has 0 fully saturated rings. The van der Waals surface area contributed by atoms with E-state index in [4.69, 9.17) is 0 Å². The largest absolute Gasteiger partial charge is 0.354 e. The molecule has 20 heavy (non-hydrogen) atoms. The highest BCUT2D eigenvalue weighted by molar-refractivity contribution is 7.15. The van der Waals surface area contributed by atoms with Gasteiger partial charge in [0.15, 0.2) is 0 Å². The molecule has 1 N–H and O–H groups in total. The van der Waals surface area contributed by atoms with Crippen LogP contribution in [0.15, 0.2) is 18.2 Å². The van der Waals surface area contributed by atoms with Crippen molar-refractivity contribution in [3.8, 4) is 0 Å². The molecule has 6 nitrogen and oxygen atoms in total. The van der Waals surface area contributed by atoms with Crippen LogP contribution in [0.25, 0.3) is 0 Å². The van der Waals surface area contributed by atoms with Gasteiger partial charge < -0.3 is 5.32 Å². The maximum absolute atomic E-state index is 11.0. The van der Waals surface area contributed by atoms with Crippen LogP contribution in [0.4, 0.5) is 10.8 Å². The minimum Gasteiger partial charge on any atom is -0.354 e. The molecular weight excluding hydrogens is 276 g/mol. The average molecular weight is 292 g/mol. The van der Waals surface area contributed by atoms with Gasteiger partial charge in [-0.1, -0.05) is 30.4 Å². The van der Waals surface area contributed by atoms with Crippen molar-refractivity contribution in [3.05, 3.63) is 44.4 Å². The van der Waals surface area contributed by atoms with E-state index in [1.807, 2.05) is 19.9 Å². The van der Waals surface area contributed by atoms with Gasteiger partial charge in [-0.15, -0.1) is 10.2 Å². The molecule has 106 valence electrons. The molecule has 0 aliphatic rings. The Balaban J connectivity index is 2.18. The number of hydrogen-bond acceptors (Lipinski definition) is 6. The molecule has 0 aliphatic heterocycles. The molecule has 1 heterocycles. The lowest BCUT2D eigenvalue weighted by Gasteiger charge is -2.13. The van der Waals surface area contributed by atoms with Gasteiger partial charge >= 0.3 is 0 Å². The Morgan fingerprint density at radius 2 is 2.20 bits per heavy atom.